The molecule has 0 aromatic carbocycles. The number of nitrogens with two attached hydrogens (primary N) is 1. The fourth-order valence-electron chi connectivity index (χ4n) is 1.34. The number of carbonyl (C=O) groups is 1. The van der Waals surface area contributed by atoms with Gasteiger partial charge in [0.25, 0.3) is 0 Å². The number of hydrogen-bond acceptors (Lipinski definition) is 6. The summed E-state index contributed by atoms with van der Waals surface area (Å²) in [5, 5.41) is 3.03. The van der Waals surface area contributed by atoms with E-state index in [9.17, 15) is 4.79 Å². The molecule has 0 saturated heterocycles. The van der Waals surface area contributed by atoms with Crippen molar-refractivity contribution < 1.29 is 23.7 Å². The molecule has 0 spiro atoms. The summed E-state index contributed by atoms with van der Waals surface area (Å²) in [6, 6.07) is -0.438. The molecule has 120 valence electrons. The lowest BCUT2D eigenvalue weighted by Crippen LogP contribution is -2.45. The van der Waals surface area contributed by atoms with Gasteiger partial charge in [-0.15, -0.1) is 0 Å². The van der Waals surface area contributed by atoms with Crippen LogP contribution in [0.2, 0.25) is 0 Å². The van der Waals surface area contributed by atoms with E-state index in [4.69, 9.17) is 24.7 Å². The average molecular weight is 292 g/mol. The number of amides is 1. The number of hydrogen-bond donors (Lipinski definition) is 2. The maximum absolute atomic E-state index is 11.1. The van der Waals surface area contributed by atoms with Gasteiger partial charge in [-0.05, 0) is 13.0 Å². The maximum Gasteiger partial charge on any atom is 0.236 e. The highest BCUT2D eigenvalue weighted by Crippen LogP contribution is 1.88. The van der Waals surface area contributed by atoms with E-state index in [1.807, 2.05) is 6.92 Å². The number of methoxy groups -OCH3 is 1. The topological polar surface area (TPSA) is 92.0 Å². The molecule has 0 aromatic heterocycles. The van der Waals surface area contributed by atoms with E-state index in [0.29, 0.717) is 39.6 Å². The molecule has 0 fully saturated rings. The van der Waals surface area contributed by atoms with E-state index in [-0.39, 0.29) is 6.61 Å². The van der Waals surface area contributed by atoms with Crippen molar-refractivity contribution in [1.82, 2.24) is 5.32 Å². The van der Waals surface area contributed by atoms with Gasteiger partial charge in [0.15, 0.2) is 0 Å². The Kier molecular flexibility index (Phi) is 14.1. The van der Waals surface area contributed by atoms with E-state index < -0.39 is 11.9 Å². The fraction of sp³-hybridized carbons (Fsp3) is 0.923. The first kappa shape index (κ1) is 19.3. The van der Waals surface area contributed by atoms with Gasteiger partial charge in [-0.1, -0.05) is 6.92 Å². The summed E-state index contributed by atoms with van der Waals surface area (Å²) in [5.41, 5.74) is 5.26. The van der Waals surface area contributed by atoms with Crippen LogP contribution in [0.3, 0.4) is 0 Å². The zero-order chi connectivity index (χ0) is 15.1. The molecule has 0 aliphatic rings. The zero-order valence-electron chi connectivity index (χ0n) is 12.6. The van der Waals surface area contributed by atoms with Crippen molar-refractivity contribution in [3.63, 3.8) is 0 Å². The molecule has 0 aliphatic carbocycles. The molecule has 0 saturated carbocycles. The number of carbonyl (C=O) groups excluding carboxylic acids is 1. The molecule has 0 rings (SSSR count). The summed E-state index contributed by atoms with van der Waals surface area (Å²) >= 11 is 0. The minimum atomic E-state index is -0.438. The second kappa shape index (κ2) is 14.7. The highest BCUT2D eigenvalue weighted by atomic mass is 16.6. The molecule has 0 aliphatic heterocycles. The Hall–Kier alpha value is -0.730. The first-order chi connectivity index (χ1) is 9.72. The van der Waals surface area contributed by atoms with E-state index in [1.165, 1.54) is 0 Å². The molecule has 1 atom stereocenters. The van der Waals surface area contributed by atoms with Crippen LogP contribution in [0.25, 0.3) is 0 Å². The number of rotatable bonds is 15. The molecule has 7 nitrogen and oxygen atoms in total. The highest BCUT2D eigenvalue weighted by molar-refractivity contribution is 5.79. The van der Waals surface area contributed by atoms with Crippen LogP contribution >= 0.6 is 0 Å². The molecular weight excluding hydrogens is 264 g/mol. The van der Waals surface area contributed by atoms with Crippen LogP contribution < -0.4 is 11.1 Å². The van der Waals surface area contributed by atoms with Crippen LogP contribution in [-0.4, -0.2) is 71.9 Å². The van der Waals surface area contributed by atoms with Gasteiger partial charge in [-0.2, -0.15) is 0 Å². The van der Waals surface area contributed by atoms with E-state index in [2.05, 4.69) is 5.32 Å². The van der Waals surface area contributed by atoms with Crippen LogP contribution in [0.5, 0.6) is 0 Å². The van der Waals surface area contributed by atoms with E-state index in [0.717, 1.165) is 13.0 Å². The third-order valence-corrected chi connectivity index (χ3v) is 2.44. The number of primary amides is 1. The standard InChI is InChI=1S/C13H28N2O5/c1-3-4-15-12(13(14)16)11-20-10-9-19-8-7-18-6-5-17-2/h12,15H,3-11H2,1-2H3,(H2,14,16). The Balaban J connectivity index is 3.34. The molecular formula is C13H28N2O5. The molecule has 1 unspecified atom stereocenters. The second-order valence-corrected chi connectivity index (χ2v) is 4.20. The van der Waals surface area contributed by atoms with Crippen LogP contribution in [0.15, 0.2) is 0 Å². The lowest BCUT2D eigenvalue weighted by atomic mass is 10.3. The van der Waals surface area contributed by atoms with Crippen molar-refractivity contribution in [3.05, 3.63) is 0 Å². The van der Waals surface area contributed by atoms with E-state index >= 15 is 0 Å². The van der Waals surface area contributed by atoms with Gasteiger partial charge < -0.3 is 30.0 Å². The third kappa shape index (κ3) is 12.3. The van der Waals surface area contributed by atoms with Crippen molar-refractivity contribution in [2.24, 2.45) is 5.73 Å². The summed E-state index contributed by atoms with van der Waals surface area (Å²) in [6.07, 6.45) is 0.940. The van der Waals surface area contributed by atoms with Crippen LogP contribution in [0.1, 0.15) is 13.3 Å². The first-order valence-corrected chi connectivity index (χ1v) is 6.97. The Bertz CT molecular complexity index is 229. The van der Waals surface area contributed by atoms with Gasteiger partial charge in [0.2, 0.25) is 5.91 Å². The molecule has 0 heterocycles. The molecule has 0 aromatic rings. The van der Waals surface area contributed by atoms with Crippen LogP contribution in [-0.2, 0) is 23.7 Å². The lowest BCUT2D eigenvalue weighted by Gasteiger charge is -2.15. The van der Waals surface area contributed by atoms with E-state index in [1.54, 1.807) is 7.11 Å². The molecule has 1 amide bonds. The van der Waals surface area contributed by atoms with Crippen molar-refractivity contribution in [3.8, 4) is 0 Å². The number of nitrogens with one attached hydrogen (secondary N) is 1. The minimum Gasteiger partial charge on any atom is -0.382 e. The van der Waals surface area contributed by atoms with Gasteiger partial charge in [-0.25, -0.2) is 0 Å². The molecule has 0 bridgehead atoms. The third-order valence-electron chi connectivity index (χ3n) is 2.44. The Morgan fingerprint density at radius 3 is 2.10 bits per heavy atom. The summed E-state index contributed by atoms with van der Waals surface area (Å²) in [4.78, 5) is 11.1. The summed E-state index contributed by atoms with van der Waals surface area (Å²) in [5.74, 6) is -0.397. The summed E-state index contributed by atoms with van der Waals surface area (Å²) in [7, 11) is 1.63. The molecule has 7 heteroatoms. The zero-order valence-corrected chi connectivity index (χ0v) is 12.6. The maximum atomic E-state index is 11.1. The van der Waals surface area contributed by atoms with Gasteiger partial charge in [0.1, 0.15) is 6.04 Å². The molecule has 3 N–H and O–H groups in total. The second-order valence-electron chi connectivity index (χ2n) is 4.20. The quantitative estimate of drug-likeness (QED) is 0.397. The van der Waals surface area contributed by atoms with Crippen molar-refractivity contribution in [2.45, 2.75) is 19.4 Å². The highest BCUT2D eigenvalue weighted by Gasteiger charge is 2.13. The average Bonchev–Trinajstić information content (AvgIpc) is 2.43. The van der Waals surface area contributed by atoms with Gasteiger partial charge in [0.05, 0.1) is 46.2 Å². The number of ether oxygens (including phenoxy) is 4. The van der Waals surface area contributed by atoms with Gasteiger partial charge in [0, 0.05) is 7.11 Å². The lowest BCUT2D eigenvalue weighted by molar-refractivity contribution is -0.121. The first-order valence-electron chi connectivity index (χ1n) is 6.97. The summed E-state index contributed by atoms with van der Waals surface area (Å²) < 4.78 is 20.7. The minimum absolute atomic E-state index is 0.267. The van der Waals surface area contributed by atoms with Crippen molar-refractivity contribution in [2.75, 3.05) is 59.9 Å². The van der Waals surface area contributed by atoms with Crippen molar-refractivity contribution in [1.29, 1.82) is 0 Å². The fourth-order valence-corrected chi connectivity index (χ4v) is 1.34. The SMILES string of the molecule is CCCNC(COCCOCCOCCOC)C(N)=O. The van der Waals surface area contributed by atoms with Gasteiger partial charge >= 0.3 is 0 Å². The summed E-state index contributed by atoms with van der Waals surface area (Å²) in [6.45, 7) is 6.13. The largest absolute Gasteiger partial charge is 0.382 e. The Morgan fingerprint density at radius 1 is 1.05 bits per heavy atom. The monoisotopic (exact) mass is 292 g/mol. The smallest absolute Gasteiger partial charge is 0.236 e. The Labute approximate surface area is 121 Å². The molecule has 0 radical (unpaired) electrons. The Morgan fingerprint density at radius 2 is 1.60 bits per heavy atom. The van der Waals surface area contributed by atoms with Crippen molar-refractivity contribution >= 4 is 5.91 Å². The predicted octanol–water partition coefficient (Wildman–Crippen LogP) is -0.464. The molecule has 20 heavy (non-hydrogen) atoms. The predicted molar refractivity (Wildman–Crippen MR) is 75.6 cm³/mol. The van der Waals surface area contributed by atoms with Crippen LogP contribution in [0, 0.1) is 0 Å². The van der Waals surface area contributed by atoms with Crippen LogP contribution in [0.4, 0.5) is 0 Å². The van der Waals surface area contributed by atoms with Gasteiger partial charge in [-0.3, -0.25) is 4.79 Å². The normalized spacial score (nSPS) is 12.5.